The molecule has 1 heterocycles. The second-order valence-electron chi connectivity index (χ2n) is 5.10. The van der Waals surface area contributed by atoms with Crippen LogP contribution in [0.15, 0.2) is 35.5 Å². The molecule has 122 valence electrons. The van der Waals surface area contributed by atoms with Gasteiger partial charge in [-0.2, -0.15) is 0 Å². The van der Waals surface area contributed by atoms with Gasteiger partial charge in [0, 0.05) is 11.4 Å². The zero-order chi connectivity index (χ0) is 17.0. The van der Waals surface area contributed by atoms with E-state index in [0.29, 0.717) is 5.16 Å². The molecule has 0 saturated carbocycles. The summed E-state index contributed by atoms with van der Waals surface area (Å²) in [5.41, 5.74) is 2.78. The summed E-state index contributed by atoms with van der Waals surface area (Å²) in [7, 11) is 0. The molecule has 23 heavy (non-hydrogen) atoms. The van der Waals surface area contributed by atoms with Gasteiger partial charge < -0.3 is 4.74 Å². The van der Waals surface area contributed by atoms with E-state index >= 15 is 0 Å². The second kappa shape index (κ2) is 7.46. The first-order valence-corrected chi connectivity index (χ1v) is 8.28. The van der Waals surface area contributed by atoms with Crippen LogP contribution in [0.1, 0.15) is 25.2 Å². The minimum absolute atomic E-state index is 0.244. The third kappa shape index (κ3) is 3.82. The lowest BCUT2D eigenvalue weighted by Crippen LogP contribution is -2.27. The van der Waals surface area contributed by atoms with Crippen LogP contribution in [0.3, 0.4) is 0 Å². The van der Waals surface area contributed by atoms with Crippen LogP contribution >= 0.6 is 11.8 Å². The first-order chi connectivity index (χ1) is 11.0. The molecular weight excluding hydrogens is 312 g/mol. The number of thioether (sulfide) groups is 1. The first kappa shape index (κ1) is 17.3. The van der Waals surface area contributed by atoms with E-state index in [9.17, 15) is 9.59 Å². The predicted octanol–water partition coefficient (Wildman–Crippen LogP) is 3.10. The average Bonchev–Trinajstić information content (AvgIpc) is 2.80. The lowest BCUT2D eigenvalue weighted by Gasteiger charge is -2.14. The lowest BCUT2D eigenvalue weighted by molar-refractivity contribution is -0.144. The minimum atomic E-state index is -0.904. The molecule has 2 rings (SSSR count). The minimum Gasteiger partial charge on any atom is -0.465 e. The zero-order valence-corrected chi connectivity index (χ0v) is 14.5. The second-order valence-corrected chi connectivity index (χ2v) is 6.17. The van der Waals surface area contributed by atoms with Gasteiger partial charge in [0.15, 0.2) is 16.2 Å². The number of hydrogen-bond acceptors (Lipinski definition) is 5. The fraction of sp³-hybridized carbons (Fsp3) is 0.353. The summed E-state index contributed by atoms with van der Waals surface area (Å²) in [6.45, 7) is 7.23. The largest absolute Gasteiger partial charge is 0.465 e. The molecule has 1 aromatic carbocycles. The van der Waals surface area contributed by atoms with E-state index in [0.717, 1.165) is 28.8 Å². The number of aromatic nitrogens is 2. The Hall–Kier alpha value is -2.08. The summed E-state index contributed by atoms with van der Waals surface area (Å²) in [5.74, 6) is -0.769. The summed E-state index contributed by atoms with van der Waals surface area (Å²) in [6.07, 6.45) is 0. The van der Waals surface area contributed by atoms with Crippen molar-refractivity contribution in [3.8, 4) is 5.69 Å². The summed E-state index contributed by atoms with van der Waals surface area (Å²) in [6, 6.07) is 9.74. The summed E-state index contributed by atoms with van der Waals surface area (Å²) >= 11 is 1.13. The molecule has 1 atom stereocenters. The molecule has 0 bridgehead atoms. The van der Waals surface area contributed by atoms with Gasteiger partial charge in [-0.15, -0.1) is 0 Å². The first-order valence-electron chi connectivity index (χ1n) is 7.40. The molecule has 0 radical (unpaired) electrons. The molecule has 1 aromatic heterocycles. The van der Waals surface area contributed by atoms with Gasteiger partial charge in [0.25, 0.3) is 0 Å². The maximum Gasteiger partial charge on any atom is 0.327 e. The number of benzene rings is 1. The number of carbonyl (C=O) groups is 2. The van der Waals surface area contributed by atoms with Crippen molar-refractivity contribution in [1.29, 1.82) is 0 Å². The van der Waals surface area contributed by atoms with E-state index in [1.54, 1.807) is 6.92 Å². The Morgan fingerprint density at radius 2 is 1.91 bits per heavy atom. The number of ketones is 1. The third-order valence-corrected chi connectivity index (χ3v) is 4.67. The number of rotatable bonds is 6. The SMILES string of the molecule is CCOC(=O)C(Sc1nc(C)c(C)n1-c1ccccc1)C(C)=O. The van der Waals surface area contributed by atoms with Gasteiger partial charge in [-0.25, -0.2) is 4.98 Å². The van der Waals surface area contributed by atoms with Crippen molar-refractivity contribution < 1.29 is 14.3 Å². The number of ether oxygens (including phenoxy) is 1. The Balaban J connectivity index is 2.42. The highest BCUT2D eigenvalue weighted by atomic mass is 32.2. The van der Waals surface area contributed by atoms with Gasteiger partial charge in [0.05, 0.1) is 12.3 Å². The van der Waals surface area contributed by atoms with Crippen molar-refractivity contribution in [1.82, 2.24) is 9.55 Å². The van der Waals surface area contributed by atoms with Gasteiger partial charge in [0.1, 0.15) is 0 Å². The molecule has 5 nitrogen and oxygen atoms in total. The van der Waals surface area contributed by atoms with E-state index in [1.807, 2.05) is 48.7 Å². The Bertz CT molecular complexity index is 710. The number of para-hydroxylation sites is 1. The number of esters is 1. The van der Waals surface area contributed by atoms with E-state index in [4.69, 9.17) is 4.74 Å². The molecule has 2 aromatic rings. The molecule has 0 aliphatic rings. The summed E-state index contributed by atoms with van der Waals surface area (Å²) in [4.78, 5) is 28.4. The number of imidazole rings is 1. The van der Waals surface area contributed by atoms with E-state index in [1.165, 1.54) is 6.92 Å². The number of Topliss-reactive ketones (excluding diaryl/α,β-unsaturated/α-hetero) is 1. The summed E-state index contributed by atoms with van der Waals surface area (Å²) in [5, 5.41) is -0.293. The molecule has 6 heteroatoms. The quantitative estimate of drug-likeness (QED) is 0.462. The summed E-state index contributed by atoms with van der Waals surface area (Å²) < 4.78 is 6.96. The van der Waals surface area contributed by atoms with Crippen LogP contribution in [-0.2, 0) is 14.3 Å². The smallest absolute Gasteiger partial charge is 0.327 e. The van der Waals surface area contributed by atoms with Crippen LogP contribution in [0, 0.1) is 13.8 Å². The van der Waals surface area contributed by atoms with Crippen molar-refractivity contribution in [2.75, 3.05) is 6.61 Å². The number of hydrogen-bond donors (Lipinski definition) is 0. The Kier molecular flexibility index (Phi) is 5.60. The van der Waals surface area contributed by atoms with Crippen LogP contribution < -0.4 is 0 Å². The fourth-order valence-electron chi connectivity index (χ4n) is 2.16. The normalized spacial score (nSPS) is 12.0. The van der Waals surface area contributed by atoms with Crippen LogP contribution in [0.5, 0.6) is 0 Å². The van der Waals surface area contributed by atoms with Gasteiger partial charge in [-0.05, 0) is 39.8 Å². The van der Waals surface area contributed by atoms with Crippen LogP contribution in [-0.4, -0.2) is 33.2 Å². The van der Waals surface area contributed by atoms with Gasteiger partial charge >= 0.3 is 5.97 Å². The van der Waals surface area contributed by atoms with Crippen LogP contribution in [0.2, 0.25) is 0 Å². The molecule has 0 spiro atoms. The molecule has 0 amide bonds. The maximum atomic E-state index is 12.0. The topological polar surface area (TPSA) is 61.2 Å². The highest BCUT2D eigenvalue weighted by Crippen LogP contribution is 2.29. The van der Waals surface area contributed by atoms with Crippen molar-refractivity contribution in [3.05, 3.63) is 41.7 Å². The molecule has 0 aliphatic carbocycles. The van der Waals surface area contributed by atoms with Crippen LogP contribution in [0.25, 0.3) is 5.69 Å². The Morgan fingerprint density at radius 1 is 1.26 bits per heavy atom. The lowest BCUT2D eigenvalue weighted by atomic mass is 10.3. The molecule has 1 unspecified atom stereocenters. The number of carbonyl (C=O) groups excluding carboxylic acids is 2. The fourth-order valence-corrected chi connectivity index (χ4v) is 3.24. The maximum absolute atomic E-state index is 12.0. The standard InChI is InChI=1S/C17H20N2O3S/c1-5-22-16(21)15(13(4)20)23-17-18-11(2)12(3)19(17)14-9-7-6-8-10-14/h6-10,15H,5H2,1-4H3. The van der Waals surface area contributed by atoms with Gasteiger partial charge in [-0.1, -0.05) is 30.0 Å². The average molecular weight is 332 g/mol. The van der Waals surface area contributed by atoms with Crippen molar-refractivity contribution in [3.63, 3.8) is 0 Å². The molecule has 0 N–H and O–H groups in total. The number of nitrogens with zero attached hydrogens (tertiary/aromatic N) is 2. The Morgan fingerprint density at radius 3 is 2.48 bits per heavy atom. The third-order valence-electron chi connectivity index (χ3n) is 3.42. The van der Waals surface area contributed by atoms with Gasteiger partial charge in [-0.3, -0.25) is 14.2 Å². The monoisotopic (exact) mass is 332 g/mol. The Labute approximate surface area is 140 Å². The van der Waals surface area contributed by atoms with E-state index in [2.05, 4.69) is 4.98 Å². The predicted molar refractivity (Wildman–Crippen MR) is 90.0 cm³/mol. The van der Waals surface area contributed by atoms with Crippen molar-refractivity contribution in [2.45, 2.75) is 38.1 Å². The van der Waals surface area contributed by atoms with Crippen LogP contribution in [0.4, 0.5) is 0 Å². The highest BCUT2D eigenvalue weighted by molar-refractivity contribution is 8.01. The molecular formula is C17H20N2O3S. The molecule has 0 saturated heterocycles. The molecule has 0 fully saturated rings. The number of aryl methyl sites for hydroxylation is 1. The highest BCUT2D eigenvalue weighted by Gasteiger charge is 2.29. The van der Waals surface area contributed by atoms with Crippen molar-refractivity contribution >= 4 is 23.5 Å². The van der Waals surface area contributed by atoms with E-state index < -0.39 is 11.2 Å². The van der Waals surface area contributed by atoms with Gasteiger partial charge in [0.2, 0.25) is 0 Å². The molecule has 0 aliphatic heterocycles. The van der Waals surface area contributed by atoms with Crippen molar-refractivity contribution in [2.24, 2.45) is 0 Å². The zero-order valence-electron chi connectivity index (χ0n) is 13.7. The van der Waals surface area contributed by atoms with E-state index in [-0.39, 0.29) is 12.4 Å².